The molecule has 1 N–H and O–H groups in total. The van der Waals surface area contributed by atoms with E-state index in [2.05, 4.69) is 21.2 Å². The maximum absolute atomic E-state index is 12.1. The van der Waals surface area contributed by atoms with E-state index in [1.807, 2.05) is 0 Å². The summed E-state index contributed by atoms with van der Waals surface area (Å²) in [6.07, 6.45) is 0. The van der Waals surface area contributed by atoms with Gasteiger partial charge in [0, 0.05) is 6.92 Å². The van der Waals surface area contributed by atoms with Crippen LogP contribution in [-0.2, 0) is 14.9 Å². The number of amides is 1. The predicted molar refractivity (Wildman–Crippen MR) is 80.6 cm³/mol. The van der Waals surface area contributed by atoms with Gasteiger partial charge in [0.05, 0.1) is 9.47 Å². The number of thiophene rings is 1. The molecule has 1 aromatic carbocycles. The first kappa shape index (κ1) is 15.0. The van der Waals surface area contributed by atoms with Gasteiger partial charge in [0.1, 0.15) is 0 Å². The number of rotatable bonds is 4. The molecule has 1 aromatic heterocycles. The van der Waals surface area contributed by atoms with Gasteiger partial charge in [0.25, 0.3) is 0 Å². The Hall–Kier alpha value is -1.38. The van der Waals surface area contributed by atoms with Crippen LogP contribution in [0.2, 0.25) is 0 Å². The molecule has 0 spiro atoms. The lowest BCUT2D eigenvalue weighted by Gasteiger charge is -2.10. The lowest BCUT2D eigenvalue weighted by atomic mass is 10.3. The van der Waals surface area contributed by atoms with Gasteiger partial charge in [-0.1, -0.05) is 12.1 Å². The predicted octanol–water partition coefficient (Wildman–Crippen LogP) is 3.24. The maximum Gasteiger partial charge on any atom is 0.348 e. The third-order valence-corrected chi connectivity index (χ3v) is 5.50. The van der Waals surface area contributed by atoms with Crippen LogP contribution in [0.5, 0.6) is 5.75 Å². The van der Waals surface area contributed by atoms with E-state index in [4.69, 9.17) is 4.18 Å². The first-order valence-corrected chi connectivity index (χ1v) is 8.47. The lowest BCUT2D eigenvalue weighted by molar-refractivity contribution is -0.114. The summed E-state index contributed by atoms with van der Waals surface area (Å²) in [6.45, 7) is 1.33. The third kappa shape index (κ3) is 3.59. The second-order valence-electron chi connectivity index (χ2n) is 3.77. The van der Waals surface area contributed by atoms with Crippen molar-refractivity contribution >= 4 is 49.0 Å². The summed E-state index contributed by atoms with van der Waals surface area (Å²) in [5, 5.41) is 2.52. The fraction of sp³-hybridized carbons (Fsp3) is 0.0833. The van der Waals surface area contributed by atoms with Gasteiger partial charge >= 0.3 is 10.1 Å². The first-order chi connectivity index (χ1) is 9.38. The van der Waals surface area contributed by atoms with Crippen LogP contribution in [0.3, 0.4) is 0 Å². The first-order valence-electron chi connectivity index (χ1n) is 5.45. The summed E-state index contributed by atoms with van der Waals surface area (Å²) in [5.41, 5.74) is 0.305. The smallest absolute Gasteiger partial charge is 0.348 e. The van der Waals surface area contributed by atoms with E-state index in [9.17, 15) is 13.2 Å². The Morgan fingerprint density at radius 3 is 2.55 bits per heavy atom. The third-order valence-electron chi connectivity index (χ3n) is 2.19. The van der Waals surface area contributed by atoms with Crippen molar-refractivity contribution in [3.63, 3.8) is 0 Å². The van der Waals surface area contributed by atoms with Crippen molar-refractivity contribution in [1.29, 1.82) is 0 Å². The molecule has 2 aromatic rings. The van der Waals surface area contributed by atoms with Crippen LogP contribution in [0, 0.1) is 0 Å². The fourth-order valence-corrected chi connectivity index (χ4v) is 4.34. The maximum atomic E-state index is 12.1. The topological polar surface area (TPSA) is 72.5 Å². The molecule has 106 valence electrons. The SMILES string of the molecule is CC(=O)Nc1ccccc1OS(=O)(=O)c1ccc(Br)s1. The molecule has 8 heteroatoms. The number of para-hydroxylation sites is 2. The fourth-order valence-electron chi connectivity index (χ4n) is 1.42. The van der Waals surface area contributed by atoms with Crippen LogP contribution in [0.25, 0.3) is 0 Å². The molecule has 2 rings (SSSR count). The molecular formula is C12H10BrNO4S2. The molecule has 0 atom stereocenters. The van der Waals surface area contributed by atoms with Crippen molar-refractivity contribution in [1.82, 2.24) is 0 Å². The van der Waals surface area contributed by atoms with Crippen LogP contribution in [-0.4, -0.2) is 14.3 Å². The number of nitrogens with one attached hydrogen (secondary N) is 1. The van der Waals surface area contributed by atoms with E-state index in [0.717, 1.165) is 11.3 Å². The van der Waals surface area contributed by atoms with Crippen LogP contribution >= 0.6 is 27.3 Å². The van der Waals surface area contributed by atoms with Crippen LogP contribution in [0.15, 0.2) is 44.4 Å². The quantitative estimate of drug-likeness (QED) is 0.832. The Morgan fingerprint density at radius 2 is 1.95 bits per heavy atom. The second-order valence-corrected chi connectivity index (χ2v) is 8.01. The van der Waals surface area contributed by atoms with Gasteiger partial charge in [-0.25, -0.2) is 0 Å². The normalized spacial score (nSPS) is 11.1. The highest BCUT2D eigenvalue weighted by Crippen LogP contribution is 2.31. The molecule has 5 nitrogen and oxygen atoms in total. The Morgan fingerprint density at radius 1 is 1.25 bits per heavy atom. The molecule has 0 saturated heterocycles. The van der Waals surface area contributed by atoms with Crippen LogP contribution < -0.4 is 9.50 Å². The molecule has 0 saturated carbocycles. The number of hydrogen-bond donors (Lipinski definition) is 1. The molecule has 0 fully saturated rings. The monoisotopic (exact) mass is 375 g/mol. The molecule has 0 unspecified atom stereocenters. The van der Waals surface area contributed by atoms with E-state index in [1.54, 1.807) is 24.3 Å². The summed E-state index contributed by atoms with van der Waals surface area (Å²) in [7, 11) is -3.91. The number of hydrogen-bond acceptors (Lipinski definition) is 5. The Bertz CT molecular complexity index is 739. The molecule has 0 aliphatic rings. The van der Waals surface area contributed by atoms with Crippen molar-refractivity contribution in [2.75, 3.05) is 5.32 Å². The zero-order chi connectivity index (χ0) is 14.8. The number of halogens is 1. The Labute approximate surface area is 128 Å². The van der Waals surface area contributed by atoms with Gasteiger partial charge in [0.2, 0.25) is 5.91 Å². The largest absolute Gasteiger partial charge is 0.376 e. The van der Waals surface area contributed by atoms with Crippen LogP contribution in [0.1, 0.15) is 6.92 Å². The van der Waals surface area contributed by atoms with E-state index < -0.39 is 10.1 Å². The molecule has 0 radical (unpaired) electrons. The minimum absolute atomic E-state index is 0.0761. The van der Waals surface area contributed by atoms with Gasteiger partial charge in [0.15, 0.2) is 9.96 Å². The van der Waals surface area contributed by atoms with Gasteiger partial charge in [-0.15, -0.1) is 11.3 Å². The van der Waals surface area contributed by atoms with Gasteiger partial charge in [-0.05, 0) is 40.2 Å². The highest BCUT2D eigenvalue weighted by atomic mass is 79.9. The minimum atomic E-state index is -3.91. The molecule has 1 heterocycles. The van der Waals surface area contributed by atoms with Crippen molar-refractivity contribution in [3.8, 4) is 5.75 Å². The summed E-state index contributed by atoms with van der Waals surface area (Å²) in [6, 6.07) is 9.42. The van der Waals surface area contributed by atoms with Gasteiger partial charge in [-0.2, -0.15) is 8.42 Å². The van der Waals surface area contributed by atoms with E-state index >= 15 is 0 Å². The van der Waals surface area contributed by atoms with E-state index in [1.165, 1.54) is 19.1 Å². The molecule has 0 bridgehead atoms. The zero-order valence-electron chi connectivity index (χ0n) is 10.3. The zero-order valence-corrected chi connectivity index (χ0v) is 13.5. The number of carbonyl (C=O) groups is 1. The minimum Gasteiger partial charge on any atom is -0.376 e. The van der Waals surface area contributed by atoms with Crippen molar-refractivity contribution < 1.29 is 17.4 Å². The molecule has 0 aliphatic carbocycles. The molecule has 0 aliphatic heterocycles. The van der Waals surface area contributed by atoms with Crippen molar-refractivity contribution in [3.05, 3.63) is 40.2 Å². The highest BCUT2D eigenvalue weighted by Gasteiger charge is 2.20. The average Bonchev–Trinajstić information content (AvgIpc) is 2.78. The Balaban J connectivity index is 2.32. The standard InChI is InChI=1S/C12H10BrNO4S2/c1-8(15)14-9-4-2-3-5-10(9)18-20(16,17)12-7-6-11(13)19-12/h2-7H,1H3,(H,14,15). The van der Waals surface area contributed by atoms with Gasteiger partial charge < -0.3 is 9.50 Å². The van der Waals surface area contributed by atoms with E-state index in [-0.39, 0.29) is 15.9 Å². The molecule has 1 amide bonds. The highest BCUT2D eigenvalue weighted by molar-refractivity contribution is 9.11. The molecule has 20 heavy (non-hydrogen) atoms. The van der Waals surface area contributed by atoms with Gasteiger partial charge in [-0.3, -0.25) is 4.79 Å². The van der Waals surface area contributed by atoms with Crippen LogP contribution in [0.4, 0.5) is 5.69 Å². The van der Waals surface area contributed by atoms with E-state index in [0.29, 0.717) is 9.47 Å². The summed E-state index contributed by atoms with van der Waals surface area (Å²) < 4.78 is 30.1. The number of carbonyl (C=O) groups excluding carboxylic acids is 1. The number of benzene rings is 1. The summed E-state index contributed by atoms with van der Waals surface area (Å²) in [4.78, 5) is 11.1. The number of anilines is 1. The average molecular weight is 376 g/mol. The van der Waals surface area contributed by atoms with Crippen molar-refractivity contribution in [2.24, 2.45) is 0 Å². The van der Waals surface area contributed by atoms with Crippen molar-refractivity contribution in [2.45, 2.75) is 11.1 Å². The summed E-state index contributed by atoms with van der Waals surface area (Å²) in [5.74, 6) is -0.232. The summed E-state index contributed by atoms with van der Waals surface area (Å²) >= 11 is 4.25. The molecular weight excluding hydrogens is 366 g/mol. The lowest BCUT2D eigenvalue weighted by Crippen LogP contribution is -2.12. The Kier molecular flexibility index (Phi) is 4.46. The second kappa shape index (κ2) is 5.94.